The molecule has 1 aromatic carbocycles. The van der Waals surface area contributed by atoms with Crippen molar-refractivity contribution >= 4 is 23.8 Å². The van der Waals surface area contributed by atoms with Crippen LogP contribution in [0.15, 0.2) is 36.4 Å². The Bertz CT molecular complexity index is 633. The molecule has 0 aliphatic carbocycles. The maximum absolute atomic E-state index is 12.1. The van der Waals surface area contributed by atoms with Crippen molar-refractivity contribution in [1.29, 1.82) is 0 Å². The van der Waals surface area contributed by atoms with Crippen molar-refractivity contribution < 1.29 is 23.9 Å². The largest absolute Gasteiger partial charge is 0.418 e. The van der Waals surface area contributed by atoms with E-state index < -0.39 is 29.9 Å². The van der Waals surface area contributed by atoms with Crippen molar-refractivity contribution in [1.82, 2.24) is 4.90 Å². The van der Waals surface area contributed by atoms with E-state index in [-0.39, 0.29) is 6.42 Å². The minimum absolute atomic E-state index is 0.285. The fraction of sp³-hybridized carbons (Fsp3) is 0.312. The lowest BCUT2D eigenvalue weighted by molar-refractivity contribution is -0.135. The van der Waals surface area contributed by atoms with Crippen LogP contribution in [0.2, 0.25) is 0 Å². The van der Waals surface area contributed by atoms with Gasteiger partial charge in [0.1, 0.15) is 12.0 Å². The van der Waals surface area contributed by atoms with E-state index in [1.54, 1.807) is 0 Å². The molecule has 1 heterocycles. The number of aryl methyl sites for hydroxylation is 1. The van der Waals surface area contributed by atoms with Gasteiger partial charge in [-0.3, -0.25) is 9.69 Å². The van der Waals surface area contributed by atoms with Crippen molar-refractivity contribution in [3.63, 3.8) is 0 Å². The van der Waals surface area contributed by atoms with Gasteiger partial charge in [0.2, 0.25) is 0 Å². The van der Waals surface area contributed by atoms with Gasteiger partial charge in [-0.2, -0.15) is 0 Å². The number of hydrogen-bond acceptors (Lipinski definition) is 5. The van der Waals surface area contributed by atoms with Crippen molar-refractivity contribution in [2.24, 2.45) is 0 Å². The normalized spacial score (nSPS) is 18.6. The summed E-state index contributed by atoms with van der Waals surface area (Å²) in [5.41, 5.74) is 0.988. The third kappa shape index (κ3) is 3.30. The van der Waals surface area contributed by atoms with Gasteiger partial charge in [0, 0.05) is 0 Å². The average Bonchev–Trinajstić information content (AvgIpc) is 2.75. The van der Waals surface area contributed by atoms with E-state index >= 15 is 0 Å². The molecular formula is C16H15NO5. The van der Waals surface area contributed by atoms with Gasteiger partial charge < -0.3 is 4.74 Å². The number of nitrogens with zero attached hydrogens (tertiary/aromatic N) is 1. The molecule has 0 aromatic heterocycles. The SMILES string of the molecule is CC1C(=O)OC(=O)N1[C@@H](CCc1ccccc1)C(=O)C=C=O. The van der Waals surface area contributed by atoms with Crippen LogP contribution in [-0.2, 0) is 25.5 Å². The summed E-state index contributed by atoms with van der Waals surface area (Å²) in [6, 6.07) is 7.64. The Balaban J connectivity index is 2.19. The monoisotopic (exact) mass is 301 g/mol. The van der Waals surface area contributed by atoms with Crippen LogP contribution in [0.4, 0.5) is 4.79 Å². The number of hydrogen-bond donors (Lipinski definition) is 0. The Morgan fingerprint density at radius 2 is 2.05 bits per heavy atom. The first-order valence-electron chi connectivity index (χ1n) is 6.87. The predicted molar refractivity (Wildman–Crippen MR) is 76.6 cm³/mol. The summed E-state index contributed by atoms with van der Waals surface area (Å²) in [7, 11) is 0. The molecule has 6 heteroatoms. The van der Waals surface area contributed by atoms with Gasteiger partial charge in [-0.1, -0.05) is 30.3 Å². The molecule has 1 saturated heterocycles. The first kappa shape index (κ1) is 15.7. The fourth-order valence-corrected chi connectivity index (χ4v) is 2.41. The van der Waals surface area contributed by atoms with Crippen LogP contribution in [0.25, 0.3) is 0 Å². The van der Waals surface area contributed by atoms with Crippen LogP contribution in [0.5, 0.6) is 0 Å². The van der Waals surface area contributed by atoms with Crippen LogP contribution in [-0.4, -0.2) is 40.8 Å². The smallest absolute Gasteiger partial charge is 0.375 e. The van der Waals surface area contributed by atoms with E-state index in [9.17, 15) is 19.2 Å². The highest BCUT2D eigenvalue weighted by atomic mass is 16.6. The number of rotatable bonds is 6. The molecule has 22 heavy (non-hydrogen) atoms. The van der Waals surface area contributed by atoms with Crippen molar-refractivity contribution in [3.05, 3.63) is 42.0 Å². The van der Waals surface area contributed by atoms with Gasteiger partial charge in [0.05, 0.1) is 12.1 Å². The van der Waals surface area contributed by atoms with E-state index in [0.717, 1.165) is 16.5 Å². The number of carbonyl (C=O) groups excluding carboxylic acids is 4. The molecule has 1 aliphatic rings. The van der Waals surface area contributed by atoms with Gasteiger partial charge in [0.15, 0.2) is 5.78 Å². The van der Waals surface area contributed by atoms with E-state index in [4.69, 9.17) is 0 Å². The van der Waals surface area contributed by atoms with Gasteiger partial charge in [-0.25, -0.2) is 14.4 Å². The number of carbonyl (C=O) groups is 3. The zero-order valence-electron chi connectivity index (χ0n) is 12.0. The molecule has 2 atom stereocenters. The molecular weight excluding hydrogens is 286 g/mol. The number of cyclic esters (lactones) is 2. The number of amides is 1. The number of ether oxygens (including phenoxy) is 1. The summed E-state index contributed by atoms with van der Waals surface area (Å²) >= 11 is 0. The lowest BCUT2D eigenvalue weighted by Gasteiger charge is -2.25. The second-order valence-corrected chi connectivity index (χ2v) is 4.97. The third-order valence-corrected chi connectivity index (χ3v) is 3.57. The van der Waals surface area contributed by atoms with Crippen LogP contribution in [0.3, 0.4) is 0 Å². The summed E-state index contributed by atoms with van der Waals surface area (Å²) < 4.78 is 4.53. The van der Waals surface area contributed by atoms with Crippen molar-refractivity contribution in [3.8, 4) is 0 Å². The number of esters is 1. The Kier molecular flexibility index (Phi) is 4.86. The third-order valence-electron chi connectivity index (χ3n) is 3.57. The minimum atomic E-state index is -0.921. The van der Waals surface area contributed by atoms with E-state index in [1.807, 2.05) is 30.3 Å². The topological polar surface area (TPSA) is 80.8 Å². The molecule has 2 rings (SSSR count). The molecule has 0 N–H and O–H groups in total. The van der Waals surface area contributed by atoms with Crippen molar-refractivity contribution in [2.75, 3.05) is 0 Å². The molecule has 0 bridgehead atoms. The van der Waals surface area contributed by atoms with Gasteiger partial charge in [-0.15, -0.1) is 0 Å². The highest BCUT2D eigenvalue weighted by Crippen LogP contribution is 2.21. The predicted octanol–water partition coefficient (Wildman–Crippen LogP) is 1.31. The maximum atomic E-state index is 12.1. The molecule has 1 fully saturated rings. The quantitative estimate of drug-likeness (QED) is 0.342. The highest BCUT2D eigenvalue weighted by Gasteiger charge is 2.43. The standard InChI is InChI=1S/C16H15NO5/c1-11-15(20)22-16(21)17(11)13(14(19)9-10-18)8-7-12-5-3-2-4-6-12/h2-6,9,11,13H,7-8H2,1H3/t11?,13-/m0/s1. The Hall–Kier alpha value is -2.72. The first-order valence-corrected chi connectivity index (χ1v) is 6.87. The Morgan fingerprint density at radius 1 is 1.36 bits per heavy atom. The van der Waals surface area contributed by atoms with E-state index in [2.05, 4.69) is 4.74 Å². The summed E-state index contributed by atoms with van der Waals surface area (Å²) in [5.74, 6) is 0.160. The summed E-state index contributed by atoms with van der Waals surface area (Å²) in [6.45, 7) is 1.49. The van der Waals surface area contributed by atoms with Crippen LogP contribution in [0.1, 0.15) is 18.9 Å². The van der Waals surface area contributed by atoms with Gasteiger partial charge in [0.25, 0.3) is 0 Å². The summed E-state index contributed by atoms with van der Waals surface area (Å²) in [6.07, 6.45) is 0.698. The molecule has 1 aromatic rings. The summed E-state index contributed by atoms with van der Waals surface area (Å²) in [4.78, 5) is 46.8. The van der Waals surface area contributed by atoms with Gasteiger partial charge in [-0.05, 0) is 25.3 Å². The fourth-order valence-electron chi connectivity index (χ4n) is 2.41. The highest BCUT2D eigenvalue weighted by molar-refractivity contribution is 6.04. The van der Waals surface area contributed by atoms with Gasteiger partial charge >= 0.3 is 12.1 Å². The first-order chi connectivity index (χ1) is 10.5. The lowest BCUT2D eigenvalue weighted by atomic mass is 10.00. The molecule has 0 spiro atoms. The Labute approximate surface area is 127 Å². The Morgan fingerprint density at radius 3 is 2.59 bits per heavy atom. The second-order valence-electron chi connectivity index (χ2n) is 4.97. The zero-order chi connectivity index (χ0) is 16.1. The van der Waals surface area contributed by atoms with E-state index in [1.165, 1.54) is 12.9 Å². The second kappa shape index (κ2) is 6.83. The average molecular weight is 301 g/mol. The molecule has 0 saturated carbocycles. The molecule has 1 aliphatic heterocycles. The van der Waals surface area contributed by atoms with Crippen LogP contribution in [0, 0.1) is 0 Å². The van der Waals surface area contributed by atoms with Crippen LogP contribution >= 0.6 is 0 Å². The zero-order valence-corrected chi connectivity index (χ0v) is 12.0. The number of benzene rings is 1. The molecule has 6 nitrogen and oxygen atoms in total. The molecule has 1 unspecified atom stereocenters. The van der Waals surface area contributed by atoms with Crippen LogP contribution < -0.4 is 0 Å². The van der Waals surface area contributed by atoms with E-state index in [0.29, 0.717) is 6.42 Å². The lowest BCUT2D eigenvalue weighted by Crippen LogP contribution is -2.46. The molecule has 0 radical (unpaired) electrons. The molecule has 114 valence electrons. The van der Waals surface area contributed by atoms with Crippen molar-refractivity contribution in [2.45, 2.75) is 31.8 Å². The minimum Gasteiger partial charge on any atom is -0.375 e. The summed E-state index contributed by atoms with van der Waals surface area (Å²) in [5, 5.41) is 0. The molecule has 1 amide bonds. The maximum Gasteiger partial charge on any atom is 0.418 e. The number of ketones is 1.